The van der Waals surface area contributed by atoms with E-state index in [0.717, 1.165) is 17.7 Å². The number of hydrogen-bond donors (Lipinski definition) is 1. The molecule has 1 N–H and O–H groups in total. The van der Waals surface area contributed by atoms with E-state index in [9.17, 15) is 8.78 Å². The van der Waals surface area contributed by atoms with Gasteiger partial charge in [0, 0.05) is 22.9 Å². The number of thioether (sulfide) groups is 1. The molecule has 0 saturated carbocycles. The van der Waals surface area contributed by atoms with Gasteiger partial charge in [0.05, 0.1) is 5.52 Å². The van der Waals surface area contributed by atoms with Gasteiger partial charge >= 0.3 is 0 Å². The topological polar surface area (TPSA) is 37.8 Å². The van der Waals surface area contributed by atoms with Crippen molar-refractivity contribution in [1.29, 1.82) is 0 Å². The van der Waals surface area contributed by atoms with Crippen LogP contribution in [0.1, 0.15) is 5.56 Å². The lowest BCUT2D eigenvalue weighted by Gasteiger charge is -2.09. The van der Waals surface area contributed by atoms with Crippen molar-refractivity contribution in [2.24, 2.45) is 0 Å². The minimum Gasteiger partial charge on any atom is -0.365 e. The van der Waals surface area contributed by atoms with Crippen LogP contribution in [0, 0.1) is 11.6 Å². The highest BCUT2D eigenvalue weighted by atomic mass is 32.2. The first-order valence-electron chi connectivity index (χ1n) is 6.64. The van der Waals surface area contributed by atoms with Gasteiger partial charge in [-0.15, -0.1) is 11.8 Å². The highest BCUT2D eigenvalue weighted by Crippen LogP contribution is 2.23. The second-order valence-corrected chi connectivity index (χ2v) is 5.59. The molecular weight excluding hydrogens is 304 g/mol. The molecule has 112 valence electrons. The molecule has 0 aliphatic heterocycles. The van der Waals surface area contributed by atoms with Gasteiger partial charge in [0.1, 0.15) is 12.1 Å². The summed E-state index contributed by atoms with van der Waals surface area (Å²) in [4.78, 5) is 9.26. The second-order valence-electron chi connectivity index (χ2n) is 4.71. The van der Waals surface area contributed by atoms with Gasteiger partial charge in [0.15, 0.2) is 11.6 Å². The molecule has 0 aliphatic carbocycles. The van der Waals surface area contributed by atoms with Gasteiger partial charge in [-0.2, -0.15) is 0 Å². The van der Waals surface area contributed by atoms with E-state index in [-0.39, 0.29) is 0 Å². The normalized spacial score (nSPS) is 10.9. The van der Waals surface area contributed by atoms with Gasteiger partial charge in [0.2, 0.25) is 0 Å². The summed E-state index contributed by atoms with van der Waals surface area (Å²) < 4.78 is 26.7. The molecule has 1 aromatic heterocycles. The Bertz CT molecular complexity index is 806. The van der Waals surface area contributed by atoms with Crippen LogP contribution in [0.3, 0.4) is 0 Å². The maximum Gasteiger partial charge on any atom is 0.161 e. The third-order valence-electron chi connectivity index (χ3n) is 3.30. The van der Waals surface area contributed by atoms with Crippen molar-refractivity contribution in [2.45, 2.75) is 11.4 Å². The highest BCUT2D eigenvalue weighted by Gasteiger charge is 2.09. The van der Waals surface area contributed by atoms with E-state index in [0.29, 0.717) is 23.3 Å². The molecule has 3 aromatic rings. The Balaban J connectivity index is 1.85. The van der Waals surface area contributed by atoms with Gasteiger partial charge in [-0.1, -0.05) is 12.1 Å². The van der Waals surface area contributed by atoms with Gasteiger partial charge in [-0.25, -0.2) is 18.7 Å². The van der Waals surface area contributed by atoms with Crippen molar-refractivity contribution < 1.29 is 8.78 Å². The average Bonchev–Trinajstić information content (AvgIpc) is 2.54. The van der Waals surface area contributed by atoms with Crippen molar-refractivity contribution in [3.8, 4) is 0 Å². The minimum absolute atomic E-state index is 0.370. The lowest BCUT2D eigenvalue weighted by atomic mass is 10.2. The van der Waals surface area contributed by atoms with Crippen LogP contribution in [0.4, 0.5) is 14.6 Å². The summed E-state index contributed by atoms with van der Waals surface area (Å²) in [5, 5.41) is 3.60. The number of rotatable bonds is 4. The number of benzene rings is 2. The Labute approximate surface area is 130 Å². The number of hydrogen-bond acceptors (Lipinski definition) is 4. The first-order valence-corrected chi connectivity index (χ1v) is 7.86. The third kappa shape index (κ3) is 3.01. The molecule has 0 spiro atoms. The molecule has 0 radical (unpaired) electrons. The number of anilines is 1. The standard InChI is InChI=1S/C16H13F2N3S/c1-22-11-4-2-10(3-5-11)8-19-16-12-6-13(17)14(18)7-15(12)20-9-21-16/h2-7,9H,8H2,1H3,(H,19,20,21). The molecule has 3 nitrogen and oxygen atoms in total. The van der Waals surface area contributed by atoms with E-state index in [1.165, 1.54) is 11.2 Å². The summed E-state index contributed by atoms with van der Waals surface area (Å²) in [7, 11) is 0. The van der Waals surface area contributed by atoms with E-state index in [1.54, 1.807) is 11.8 Å². The van der Waals surface area contributed by atoms with Gasteiger partial charge < -0.3 is 5.32 Å². The summed E-state index contributed by atoms with van der Waals surface area (Å²) in [6.07, 6.45) is 3.35. The summed E-state index contributed by atoms with van der Waals surface area (Å²) >= 11 is 1.68. The number of aromatic nitrogens is 2. The SMILES string of the molecule is CSc1ccc(CNc2ncnc3cc(F)c(F)cc23)cc1. The molecule has 0 saturated heterocycles. The fourth-order valence-corrected chi connectivity index (χ4v) is 2.53. The number of fused-ring (bicyclic) bond motifs is 1. The molecule has 3 rings (SSSR count). The number of nitrogens with zero attached hydrogens (tertiary/aromatic N) is 2. The lowest BCUT2D eigenvalue weighted by Crippen LogP contribution is -2.03. The zero-order valence-electron chi connectivity index (χ0n) is 11.8. The zero-order valence-corrected chi connectivity index (χ0v) is 12.6. The molecule has 0 atom stereocenters. The van der Waals surface area contributed by atoms with Crippen LogP contribution in [0.2, 0.25) is 0 Å². The van der Waals surface area contributed by atoms with E-state index >= 15 is 0 Å². The summed E-state index contributed by atoms with van der Waals surface area (Å²) in [5.74, 6) is -1.34. The van der Waals surface area contributed by atoms with E-state index in [1.807, 2.05) is 30.5 Å². The molecule has 1 heterocycles. The summed E-state index contributed by atoms with van der Waals surface area (Å²) in [6.45, 7) is 0.541. The van der Waals surface area contributed by atoms with E-state index < -0.39 is 11.6 Å². The monoisotopic (exact) mass is 317 g/mol. The Morgan fingerprint density at radius 2 is 1.77 bits per heavy atom. The molecule has 0 fully saturated rings. The lowest BCUT2D eigenvalue weighted by molar-refractivity contribution is 0.510. The van der Waals surface area contributed by atoms with E-state index in [2.05, 4.69) is 15.3 Å². The van der Waals surface area contributed by atoms with Crippen molar-refractivity contribution >= 4 is 28.5 Å². The predicted molar refractivity (Wildman–Crippen MR) is 85.0 cm³/mol. The maximum absolute atomic E-state index is 13.4. The Morgan fingerprint density at radius 1 is 1.05 bits per heavy atom. The van der Waals surface area contributed by atoms with Crippen LogP contribution < -0.4 is 5.32 Å². The van der Waals surface area contributed by atoms with Crippen LogP contribution >= 0.6 is 11.8 Å². The van der Waals surface area contributed by atoms with Gasteiger partial charge in [0.25, 0.3) is 0 Å². The van der Waals surface area contributed by atoms with Crippen LogP contribution in [-0.2, 0) is 6.54 Å². The smallest absolute Gasteiger partial charge is 0.161 e. The van der Waals surface area contributed by atoms with Crippen LogP contribution in [0.15, 0.2) is 47.6 Å². The maximum atomic E-state index is 13.4. The number of nitrogens with one attached hydrogen (secondary N) is 1. The fraction of sp³-hybridized carbons (Fsp3) is 0.125. The second kappa shape index (κ2) is 6.27. The molecule has 0 bridgehead atoms. The summed E-state index contributed by atoms with van der Waals surface area (Å²) in [6, 6.07) is 10.3. The first-order chi connectivity index (χ1) is 10.7. The molecule has 6 heteroatoms. The molecule has 0 amide bonds. The van der Waals surface area contributed by atoms with Crippen LogP contribution in [0.25, 0.3) is 10.9 Å². The third-order valence-corrected chi connectivity index (χ3v) is 4.04. The first kappa shape index (κ1) is 14.7. The van der Waals surface area contributed by atoms with Crippen LogP contribution in [-0.4, -0.2) is 16.2 Å². The average molecular weight is 317 g/mol. The molecule has 2 aromatic carbocycles. The Kier molecular flexibility index (Phi) is 4.20. The Morgan fingerprint density at radius 3 is 2.50 bits per heavy atom. The zero-order chi connectivity index (χ0) is 15.5. The van der Waals surface area contributed by atoms with E-state index in [4.69, 9.17) is 0 Å². The highest BCUT2D eigenvalue weighted by molar-refractivity contribution is 7.98. The van der Waals surface area contributed by atoms with Crippen molar-refractivity contribution in [3.63, 3.8) is 0 Å². The summed E-state index contributed by atoms with van der Waals surface area (Å²) in [5.41, 5.74) is 1.45. The van der Waals surface area contributed by atoms with Crippen molar-refractivity contribution in [1.82, 2.24) is 9.97 Å². The predicted octanol–water partition coefficient (Wildman–Crippen LogP) is 4.24. The number of halogens is 2. The molecular formula is C16H13F2N3S. The Hall–Kier alpha value is -2.21. The fourth-order valence-electron chi connectivity index (χ4n) is 2.12. The molecule has 22 heavy (non-hydrogen) atoms. The minimum atomic E-state index is -0.912. The van der Waals surface area contributed by atoms with Gasteiger partial charge in [-0.05, 0) is 30.0 Å². The van der Waals surface area contributed by atoms with Crippen molar-refractivity contribution in [2.75, 3.05) is 11.6 Å². The molecule has 0 unspecified atom stereocenters. The van der Waals surface area contributed by atoms with Crippen LogP contribution in [0.5, 0.6) is 0 Å². The molecule has 0 aliphatic rings. The van der Waals surface area contributed by atoms with Gasteiger partial charge in [-0.3, -0.25) is 0 Å². The quantitative estimate of drug-likeness (QED) is 0.730. The largest absolute Gasteiger partial charge is 0.365 e. The van der Waals surface area contributed by atoms with Crippen molar-refractivity contribution in [3.05, 3.63) is 59.9 Å².